The fourth-order valence-corrected chi connectivity index (χ4v) is 3.84. The van der Waals surface area contributed by atoms with Crippen LogP contribution in [0.4, 0.5) is 4.39 Å². The number of likely N-dealkylation sites (tertiary alicyclic amines) is 1. The van der Waals surface area contributed by atoms with Crippen molar-refractivity contribution in [1.29, 1.82) is 0 Å². The largest absolute Gasteiger partial charge is 0.340 e. The van der Waals surface area contributed by atoms with Gasteiger partial charge in [-0.2, -0.15) is 0 Å². The third kappa shape index (κ3) is 4.14. The van der Waals surface area contributed by atoms with Crippen molar-refractivity contribution in [2.24, 2.45) is 0 Å². The molecule has 3 rings (SSSR count). The van der Waals surface area contributed by atoms with Crippen molar-refractivity contribution >= 4 is 5.91 Å². The summed E-state index contributed by atoms with van der Waals surface area (Å²) in [6.07, 6.45) is 1.68. The van der Waals surface area contributed by atoms with Crippen molar-refractivity contribution in [3.8, 4) is 0 Å². The molecule has 2 atom stereocenters. The summed E-state index contributed by atoms with van der Waals surface area (Å²) in [6.45, 7) is 7.65. The zero-order valence-electron chi connectivity index (χ0n) is 14.7. The van der Waals surface area contributed by atoms with Crippen LogP contribution in [0, 0.1) is 5.82 Å². The molecule has 2 aliphatic rings. The Kier molecular flexibility index (Phi) is 5.51. The molecule has 1 aromatic carbocycles. The predicted octanol–water partition coefficient (Wildman–Crippen LogP) is 2.17. The number of benzene rings is 1. The molecule has 0 aromatic heterocycles. The molecule has 5 heteroatoms. The van der Waals surface area contributed by atoms with E-state index >= 15 is 0 Å². The average molecular weight is 333 g/mol. The highest BCUT2D eigenvalue weighted by Crippen LogP contribution is 2.31. The van der Waals surface area contributed by atoms with Crippen LogP contribution in [-0.2, 0) is 4.79 Å². The maximum absolute atomic E-state index is 13.1. The summed E-state index contributed by atoms with van der Waals surface area (Å²) >= 11 is 0. The minimum absolute atomic E-state index is 0.181. The number of carbonyl (C=O) groups is 1. The van der Waals surface area contributed by atoms with E-state index in [9.17, 15) is 9.18 Å². The Balaban J connectivity index is 1.49. The molecule has 24 heavy (non-hydrogen) atoms. The Morgan fingerprint density at radius 3 is 2.50 bits per heavy atom. The summed E-state index contributed by atoms with van der Waals surface area (Å²) in [5, 5.41) is 0. The smallest absolute Gasteiger partial charge is 0.223 e. The molecular weight excluding hydrogens is 305 g/mol. The van der Waals surface area contributed by atoms with E-state index in [1.807, 2.05) is 17.0 Å². The lowest BCUT2D eigenvalue weighted by molar-refractivity contribution is -0.133. The van der Waals surface area contributed by atoms with Crippen LogP contribution < -0.4 is 0 Å². The SMILES string of the molecule is C[C@H]1C[C@@H](c2ccc(F)cc2)CN1CCC(=O)N1CCN(C)CC1. The minimum atomic E-state index is -0.181. The number of hydrogen-bond donors (Lipinski definition) is 0. The number of nitrogens with zero attached hydrogens (tertiary/aromatic N) is 3. The molecule has 0 saturated carbocycles. The highest BCUT2D eigenvalue weighted by atomic mass is 19.1. The molecule has 1 amide bonds. The zero-order valence-corrected chi connectivity index (χ0v) is 14.7. The fourth-order valence-electron chi connectivity index (χ4n) is 3.84. The number of rotatable bonds is 4. The number of piperazine rings is 1. The van der Waals surface area contributed by atoms with Crippen LogP contribution in [0.15, 0.2) is 24.3 Å². The number of likely N-dealkylation sites (N-methyl/N-ethyl adjacent to an activating group) is 1. The standard InChI is InChI=1S/C19H28FN3O/c1-15-13-17(16-3-5-18(20)6-4-16)14-23(15)8-7-19(24)22-11-9-21(2)10-12-22/h3-6,15,17H,7-14H2,1-2H3/t15-,17+/m0/s1. The first kappa shape index (κ1) is 17.4. The molecule has 2 aliphatic heterocycles. The van der Waals surface area contributed by atoms with Crippen LogP contribution in [0.1, 0.15) is 31.2 Å². The van der Waals surface area contributed by atoms with Gasteiger partial charge in [0, 0.05) is 51.7 Å². The van der Waals surface area contributed by atoms with Gasteiger partial charge in [-0.05, 0) is 44.0 Å². The maximum Gasteiger partial charge on any atom is 0.223 e. The summed E-state index contributed by atoms with van der Waals surface area (Å²) in [4.78, 5) is 19.1. The third-order valence-electron chi connectivity index (χ3n) is 5.51. The second-order valence-corrected chi connectivity index (χ2v) is 7.26. The van der Waals surface area contributed by atoms with Gasteiger partial charge in [0.1, 0.15) is 5.82 Å². The Hall–Kier alpha value is -1.46. The lowest BCUT2D eigenvalue weighted by Crippen LogP contribution is -2.47. The lowest BCUT2D eigenvalue weighted by atomic mass is 9.97. The third-order valence-corrected chi connectivity index (χ3v) is 5.51. The first-order chi connectivity index (χ1) is 11.5. The predicted molar refractivity (Wildman–Crippen MR) is 93.5 cm³/mol. The first-order valence-corrected chi connectivity index (χ1v) is 8.99. The van der Waals surface area contributed by atoms with Gasteiger partial charge in [0.05, 0.1) is 0 Å². The van der Waals surface area contributed by atoms with E-state index < -0.39 is 0 Å². The molecule has 4 nitrogen and oxygen atoms in total. The maximum atomic E-state index is 13.1. The van der Waals surface area contributed by atoms with Crippen LogP contribution in [0.25, 0.3) is 0 Å². The summed E-state index contributed by atoms with van der Waals surface area (Å²) in [5.41, 5.74) is 1.20. The molecular formula is C19H28FN3O. The molecule has 2 heterocycles. The van der Waals surface area contributed by atoms with E-state index in [0.29, 0.717) is 18.4 Å². The summed E-state index contributed by atoms with van der Waals surface area (Å²) in [5.74, 6) is 0.541. The quantitative estimate of drug-likeness (QED) is 0.845. The zero-order chi connectivity index (χ0) is 17.1. The van der Waals surface area contributed by atoms with Gasteiger partial charge in [-0.1, -0.05) is 12.1 Å². The second kappa shape index (κ2) is 7.62. The van der Waals surface area contributed by atoms with E-state index in [4.69, 9.17) is 0 Å². The van der Waals surface area contributed by atoms with Crippen molar-refractivity contribution in [3.63, 3.8) is 0 Å². The van der Waals surface area contributed by atoms with E-state index in [1.54, 1.807) is 12.1 Å². The van der Waals surface area contributed by atoms with Gasteiger partial charge in [-0.15, -0.1) is 0 Å². The molecule has 0 bridgehead atoms. The molecule has 2 saturated heterocycles. The van der Waals surface area contributed by atoms with Crippen LogP contribution >= 0.6 is 0 Å². The van der Waals surface area contributed by atoms with Crippen LogP contribution in [0.2, 0.25) is 0 Å². The molecule has 132 valence electrons. The van der Waals surface area contributed by atoms with Gasteiger partial charge in [0.15, 0.2) is 0 Å². The van der Waals surface area contributed by atoms with Crippen molar-refractivity contribution in [2.45, 2.75) is 31.7 Å². The fraction of sp³-hybridized carbons (Fsp3) is 0.632. The number of carbonyl (C=O) groups excluding carboxylic acids is 1. The van der Waals surface area contributed by atoms with Crippen molar-refractivity contribution < 1.29 is 9.18 Å². The van der Waals surface area contributed by atoms with Gasteiger partial charge in [-0.25, -0.2) is 4.39 Å². The highest BCUT2D eigenvalue weighted by Gasteiger charge is 2.30. The van der Waals surface area contributed by atoms with Crippen molar-refractivity contribution in [3.05, 3.63) is 35.6 Å². The second-order valence-electron chi connectivity index (χ2n) is 7.26. The van der Waals surface area contributed by atoms with Crippen molar-refractivity contribution in [1.82, 2.24) is 14.7 Å². The van der Waals surface area contributed by atoms with Crippen LogP contribution in [0.5, 0.6) is 0 Å². The normalized spacial score (nSPS) is 26.0. The molecule has 0 unspecified atom stereocenters. The minimum Gasteiger partial charge on any atom is -0.340 e. The van der Waals surface area contributed by atoms with Crippen molar-refractivity contribution in [2.75, 3.05) is 46.3 Å². The molecule has 1 aromatic rings. The molecule has 0 radical (unpaired) electrons. The Morgan fingerprint density at radius 2 is 1.83 bits per heavy atom. The number of halogens is 1. The molecule has 2 fully saturated rings. The van der Waals surface area contributed by atoms with E-state index in [2.05, 4.69) is 23.8 Å². The summed E-state index contributed by atoms with van der Waals surface area (Å²) < 4.78 is 13.1. The van der Waals surface area contributed by atoms with Crippen LogP contribution in [0.3, 0.4) is 0 Å². The summed E-state index contributed by atoms with van der Waals surface area (Å²) in [7, 11) is 2.10. The Labute approximate surface area is 144 Å². The van der Waals surface area contributed by atoms with Crippen LogP contribution in [-0.4, -0.2) is 73.0 Å². The lowest BCUT2D eigenvalue weighted by Gasteiger charge is -2.33. The number of amides is 1. The van der Waals surface area contributed by atoms with Gasteiger partial charge in [0.2, 0.25) is 5.91 Å². The Morgan fingerprint density at radius 1 is 1.17 bits per heavy atom. The molecule has 0 spiro atoms. The summed E-state index contributed by atoms with van der Waals surface area (Å²) in [6, 6.07) is 7.34. The van der Waals surface area contributed by atoms with E-state index in [0.717, 1.165) is 45.7 Å². The van der Waals surface area contributed by atoms with Gasteiger partial charge in [-0.3, -0.25) is 9.69 Å². The Bertz CT molecular complexity index is 554. The first-order valence-electron chi connectivity index (χ1n) is 8.99. The number of hydrogen-bond acceptors (Lipinski definition) is 3. The van der Waals surface area contributed by atoms with Gasteiger partial charge < -0.3 is 9.80 Å². The topological polar surface area (TPSA) is 26.8 Å². The van der Waals surface area contributed by atoms with Gasteiger partial charge >= 0.3 is 0 Å². The van der Waals surface area contributed by atoms with E-state index in [1.165, 1.54) is 5.56 Å². The molecule has 0 N–H and O–H groups in total. The monoisotopic (exact) mass is 333 g/mol. The molecule has 0 aliphatic carbocycles. The average Bonchev–Trinajstić information content (AvgIpc) is 2.95. The van der Waals surface area contributed by atoms with Gasteiger partial charge in [0.25, 0.3) is 0 Å². The highest BCUT2D eigenvalue weighted by molar-refractivity contribution is 5.76. The van der Waals surface area contributed by atoms with E-state index in [-0.39, 0.29) is 11.7 Å².